The zero-order valence-corrected chi connectivity index (χ0v) is 13.6. The minimum absolute atomic E-state index is 0. The summed E-state index contributed by atoms with van der Waals surface area (Å²) < 4.78 is 0. The molecule has 1 aromatic rings. The van der Waals surface area contributed by atoms with E-state index < -0.39 is 10.8 Å². The van der Waals surface area contributed by atoms with Crippen LogP contribution >= 0.6 is 12.4 Å². The van der Waals surface area contributed by atoms with Crippen LogP contribution in [0.3, 0.4) is 0 Å². The SMILES string of the molecule is CC1(C)CCCNC1CNC(=O)c1ccccc1[N+](=O)[O-].Cl. The van der Waals surface area contributed by atoms with Gasteiger partial charge < -0.3 is 10.6 Å². The summed E-state index contributed by atoms with van der Waals surface area (Å²) in [5.74, 6) is -0.398. The van der Waals surface area contributed by atoms with E-state index >= 15 is 0 Å². The van der Waals surface area contributed by atoms with Gasteiger partial charge in [-0.3, -0.25) is 14.9 Å². The Morgan fingerprint density at radius 3 is 2.77 bits per heavy atom. The Bertz CT molecular complexity index is 549. The Hall–Kier alpha value is -1.66. The molecule has 22 heavy (non-hydrogen) atoms. The fraction of sp³-hybridized carbons (Fsp3) is 0.533. The second kappa shape index (κ2) is 7.56. The van der Waals surface area contributed by atoms with Gasteiger partial charge >= 0.3 is 0 Å². The third-order valence-corrected chi connectivity index (χ3v) is 4.14. The van der Waals surface area contributed by atoms with Crippen molar-refractivity contribution in [2.75, 3.05) is 13.1 Å². The van der Waals surface area contributed by atoms with Gasteiger partial charge in [0.25, 0.3) is 11.6 Å². The van der Waals surface area contributed by atoms with Gasteiger partial charge in [0.15, 0.2) is 0 Å². The van der Waals surface area contributed by atoms with E-state index in [0.29, 0.717) is 6.54 Å². The van der Waals surface area contributed by atoms with E-state index in [1.54, 1.807) is 12.1 Å². The monoisotopic (exact) mass is 327 g/mol. The molecule has 2 rings (SSSR count). The molecule has 1 amide bonds. The first-order valence-corrected chi connectivity index (χ1v) is 7.17. The van der Waals surface area contributed by atoms with Crippen LogP contribution in [0.4, 0.5) is 5.69 Å². The fourth-order valence-corrected chi connectivity index (χ4v) is 2.73. The number of piperidine rings is 1. The minimum atomic E-state index is -0.530. The summed E-state index contributed by atoms with van der Waals surface area (Å²) in [5.41, 5.74) is 0.0516. The van der Waals surface area contributed by atoms with Crippen LogP contribution in [-0.2, 0) is 0 Å². The third-order valence-electron chi connectivity index (χ3n) is 4.14. The Labute approximate surface area is 136 Å². The van der Waals surface area contributed by atoms with Gasteiger partial charge in [-0.1, -0.05) is 26.0 Å². The van der Waals surface area contributed by atoms with Crippen LogP contribution in [0.1, 0.15) is 37.0 Å². The number of carbonyl (C=O) groups excluding carboxylic acids is 1. The number of halogens is 1. The number of nitro groups is 1. The Morgan fingerprint density at radius 2 is 2.14 bits per heavy atom. The number of nitrogens with zero attached hydrogens (tertiary/aromatic N) is 1. The van der Waals surface area contributed by atoms with Crippen molar-refractivity contribution >= 4 is 24.0 Å². The van der Waals surface area contributed by atoms with Gasteiger partial charge in [0.05, 0.1) is 4.92 Å². The molecule has 2 N–H and O–H groups in total. The first kappa shape index (κ1) is 18.4. The first-order chi connectivity index (χ1) is 9.92. The molecular formula is C15H22ClN3O3. The van der Waals surface area contributed by atoms with E-state index in [9.17, 15) is 14.9 Å². The largest absolute Gasteiger partial charge is 0.350 e. The van der Waals surface area contributed by atoms with E-state index in [4.69, 9.17) is 0 Å². The number of carbonyl (C=O) groups is 1. The molecular weight excluding hydrogens is 306 g/mol. The van der Waals surface area contributed by atoms with Crippen molar-refractivity contribution < 1.29 is 9.72 Å². The van der Waals surface area contributed by atoms with Crippen molar-refractivity contribution in [1.82, 2.24) is 10.6 Å². The number of hydrogen-bond donors (Lipinski definition) is 2. The average Bonchev–Trinajstić information content (AvgIpc) is 2.45. The quantitative estimate of drug-likeness (QED) is 0.657. The maximum atomic E-state index is 12.2. The molecule has 0 bridgehead atoms. The van der Waals surface area contributed by atoms with Crippen molar-refractivity contribution in [3.05, 3.63) is 39.9 Å². The summed E-state index contributed by atoms with van der Waals surface area (Å²) in [6.07, 6.45) is 2.23. The van der Waals surface area contributed by atoms with Gasteiger partial charge in [-0.05, 0) is 30.9 Å². The highest BCUT2D eigenvalue weighted by atomic mass is 35.5. The number of hydrogen-bond acceptors (Lipinski definition) is 4. The van der Waals surface area contributed by atoms with Gasteiger partial charge in [0, 0.05) is 18.7 Å². The second-order valence-corrected chi connectivity index (χ2v) is 6.08. The molecule has 1 heterocycles. The van der Waals surface area contributed by atoms with Gasteiger partial charge in [0.2, 0.25) is 0 Å². The Kier molecular flexibility index (Phi) is 6.32. The molecule has 1 atom stereocenters. The number of nitro benzene ring substituents is 1. The van der Waals surface area contributed by atoms with Crippen molar-refractivity contribution in [2.45, 2.75) is 32.7 Å². The average molecular weight is 328 g/mol. The highest BCUT2D eigenvalue weighted by Crippen LogP contribution is 2.29. The van der Waals surface area contributed by atoms with Crippen molar-refractivity contribution in [2.24, 2.45) is 5.41 Å². The second-order valence-electron chi connectivity index (χ2n) is 6.08. The number of nitrogens with one attached hydrogen (secondary N) is 2. The van der Waals surface area contributed by atoms with Gasteiger partial charge in [0.1, 0.15) is 5.56 Å². The van der Waals surface area contributed by atoms with E-state index in [2.05, 4.69) is 24.5 Å². The summed E-state index contributed by atoms with van der Waals surface area (Å²) in [5, 5.41) is 17.2. The summed E-state index contributed by atoms with van der Waals surface area (Å²) >= 11 is 0. The van der Waals surface area contributed by atoms with Crippen LogP contribution in [0.25, 0.3) is 0 Å². The summed E-state index contributed by atoms with van der Waals surface area (Å²) in [4.78, 5) is 22.6. The first-order valence-electron chi connectivity index (χ1n) is 7.17. The third kappa shape index (κ3) is 4.18. The molecule has 1 aromatic carbocycles. The lowest BCUT2D eigenvalue weighted by Gasteiger charge is -2.39. The molecule has 0 saturated carbocycles. The molecule has 1 unspecified atom stereocenters. The normalized spacial score (nSPS) is 19.8. The number of amides is 1. The molecule has 1 aliphatic heterocycles. The molecule has 0 aromatic heterocycles. The maximum Gasteiger partial charge on any atom is 0.282 e. The lowest BCUT2D eigenvalue weighted by molar-refractivity contribution is -0.385. The topological polar surface area (TPSA) is 84.3 Å². The summed E-state index contributed by atoms with van der Waals surface area (Å²) in [7, 11) is 0. The van der Waals surface area contributed by atoms with Gasteiger partial charge in [-0.25, -0.2) is 0 Å². The van der Waals surface area contributed by atoms with Crippen LogP contribution < -0.4 is 10.6 Å². The Balaban J connectivity index is 0.00000242. The van der Waals surface area contributed by atoms with Gasteiger partial charge in [-0.15, -0.1) is 12.4 Å². The molecule has 0 radical (unpaired) electrons. The molecule has 1 aliphatic rings. The lowest BCUT2D eigenvalue weighted by atomic mass is 9.77. The zero-order chi connectivity index (χ0) is 15.5. The van der Waals surface area contributed by atoms with Crippen LogP contribution in [0.5, 0.6) is 0 Å². The predicted octanol–water partition coefficient (Wildman–Crippen LogP) is 2.52. The van der Waals surface area contributed by atoms with Crippen LogP contribution in [0, 0.1) is 15.5 Å². The molecule has 0 spiro atoms. The van der Waals surface area contributed by atoms with E-state index in [1.807, 2.05) is 0 Å². The number of benzene rings is 1. The number of para-hydroxylation sites is 1. The lowest BCUT2D eigenvalue weighted by Crippen LogP contribution is -2.52. The predicted molar refractivity (Wildman–Crippen MR) is 87.5 cm³/mol. The fourth-order valence-electron chi connectivity index (χ4n) is 2.73. The van der Waals surface area contributed by atoms with E-state index in [-0.39, 0.29) is 35.1 Å². The molecule has 122 valence electrons. The van der Waals surface area contributed by atoms with Crippen LogP contribution in [0.2, 0.25) is 0 Å². The molecule has 7 heteroatoms. The molecule has 1 fully saturated rings. The standard InChI is InChI=1S/C15H21N3O3.ClH/c1-15(2)8-5-9-16-13(15)10-17-14(19)11-6-3-4-7-12(11)18(20)21;/h3-4,6-7,13,16H,5,8-10H2,1-2H3,(H,17,19);1H. The van der Waals surface area contributed by atoms with E-state index in [0.717, 1.165) is 19.4 Å². The highest BCUT2D eigenvalue weighted by Gasteiger charge is 2.32. The number of rotatable bonds is 4. The van der Waals surface area contributed by atoms with Crippen LogP contribution in [-0.4, -0.2) is 30.0 Å². The smallest absolute Gasteiger partial charge is 0.282 e. The maximum absolute atomic E-state index is 12.2. The van der Waals surface area contributed by atoms with Crippen LogP contribution in [0.15, 0.2) is 24.3 Å². The highest BCUT2D eigenvalue weighted by molar-refractivity contribution is 5.98. The molecule has 1 saturated heterocycles. The summed E-state index contributed by atoms with van der Waals surface area (Å²) in [6, 6.07) is 6.19. The molecule has 6 nitrogen and oxygen atoms in total. The van der Waals surface area contributed by atoms with Crippen molar-refractivity contribution in [3.63, 3.8) is 0 Å². The zero-order valence-electron chi connectivity index (χ0n) is 12.8. The summed E-state index contributed by atoms with van der Waals surface area (Å²) in [6.45, 7) is 5.75. The Morgan fingerprint density at radius 1 is 1.45 bits per heavy atom. The van der Waals surface area contributed by atoms with E-state index in [1.165, 1.54) is 12.1 Å². The minimum Gasteiger partial charge on any atom is -0.350 e. The van der Waals surface area contributed by atoms with Crippen molar-refractivity contribution in [1.29, 1.82) is 0 Å². The van der Waals surface area contributed by atoms with Gasteiger partial charge in [-0.2, -0.15) is 0 Å². The van der Waals surface area contributed by atoms with Crippen molar-refractivity contribution in [3.8, 4) is 0 Å². The molecule has 0 aliphatic carbocycles.